The van der Waals surface area contributed by atoms with E-state index < -0.39 is 15.8 Å². The highest BCUT2D eigenvalue weighted by atomic mass is 32.2. The van der Waals surface area contributed by atoms with Gasteiger partial charge in [-0.25, -0.2) is 17.8 Å². The minimum Gasteiger partial charge on any atom is -0.379 e. The lowest BCUT2D eigenvalue weighted by atomic mass is 10.2. The van der Waals surface area contributed by atoms with Crippen molar-refractivity contribution in [3.8, 4) is 0 Å². The number of nitrogens with zero attached hydrogens (tertiary/aromatic N) is 3. The van der Waals surface area contributed by atoms with E-state index >= 15 is 0 Å². The molecule has 1 aromatic heterocycles. The molecule has 0 atom stereocenters. The minimum atomic E-state index is -3.61. The Kier molecular flexibility index (Phi) is 6.03. The summed E-state index contributed by atoms with van der Waals surface area (Å²) in [4.78, 5) is 16.9. The largest absolute Gasteiger partial charge is 0.379 e. The number of halogens is 1. The van der Waals surface area contributed by atoms with Crippen molar-refractivity contribution in [2.24, 2.45) is 7.05 Å². The maximum atomic E-state index is 13.3. The van der Waals surface area contributed by atoms with Crippen LogP contribution in [0.5, 0.6) is 0 Å². The van der Waals surface area contributed by atoms with Crippen LogP contribution in [0.25, 0.3) is 11.0 Å². The lowest BCUT2D eigenvalue weighted by Gasteiger charge is -2.26. The van der Waals surface area contributed by atoms with E-state index in [9.17, 15) is 17.6 Å². The van der Waals surface area contributed by atoms with Crippen LogP contribution in [-0.4, -0.2) is 54.5 Å². The lowest BCUT2D eigenvalue weighted by Crippen LogP contribution is -2.40. The van der Waals surface area contributed by atoms with Gasteiger partial charge in [-0.2, -0.15) is 4.31 Å². The van der Waals surface area contributed by atoms with Gasteiger partial charge in [0.15, 0.2) is 0 Å². The number of sulfonamides is 1. The summed E-state index contributed by atoms with van der Waals surface area (Å²) < 4.78 is 47.5. The van der Waals surface area contributed by atoms with Crippen LogP contribution in [0.3, 0.4) is 0 Å². The first-order valence-corrected chi connectivity index (χ1v) is 11.4. The van der Waals surface area contributed by atoms with Crippen LogP contribution >= 0.6 is 0 Å². The van der Waals surface area contributed by atoms with E-state index in [-0.39, 0.29) is 17.2 Å². The van der Waals surface area contributed by atoms with Gasteiger partial charge in [0.2, 0.25) is 15.9 Å². The molecule has 0 bridgehead atoms. The van der Waals surface area contributed by atoms with Gasteiger partial charge in [-0.3, -0.25) is 4.79 Å². The first kappa shape index (κ1) is 21.4. The Morgan fingerprint density at radius 2 is 1.97 bits per heavy atom. The minimum absolute atomic E-state index is 0.159. The molecule has 31 heavy (non-hydrogen) atoms. The topological polar surface area (TPSA) is 93.5 Å². The van der Waals surface area contributed by atoms with Gasteiger partial charge in [-0.05, 0) is 36.4 Å². The van der Waals surface area contributed by atoms with E-state index in [1.54, 1.807) is 24.3 Å². The molecular weight excluding hydrogens is 423 g/mol. The number of morpholine rings is 1. The number of nitrogens with one attached hydrogen (secondary N) is 1. The van der Waals surface area contributed by atoms with E-state index in [4.69, 9.17) is 4.74 Å². The monoisotopic (exact) mass is 446 g/mol. The van der Waals surface area contributed by atoms with Gasteiger partial charge in [0.05, 0.1) is 29.1 Å². The van der Waals surface area contributed by atoms with Gasteiger partial charge >= 0.3 is 0 Å². The molecule has 164 valence electrons. The van der Waals surface area contributed by atoms with Crippen molar-refractivity contribution in [2.45, 2.75) is 17.7 Å². The van der Waals surface area contributed by atoms with Crippen molar-refractivity contribution in [3.63, 3.8) is 0 Å². The number of amides is 1. The van der Waals surface area contributed by atoms with Crippen LogP contribution in [0, 0.1) is 5.82 Å². The van der Waals surface area contributed by atoms with Crippen molar-refractivity contribution in [1.82, 2.24) is 13.9 Å². The average Bonchev–Trinajstić information content (AvgIpc) is 3.08. The van der Waals surface area contributed by atoms with Gasteiger partial charge in [0.1, 0.15) is 11.6 Å². The summed E-state index contributed by atoms with van der Waals surface area (Å²) in [6.07, 6.45) is 0.518. The summed E-state index contributed by atoms with van der Waals surface area (Å²) in [6, 6.07) is 10.6. The van der Waals surface area contributed by atoms with Crippen molar-refractivity contribution >= 4 is 32.7 Å². The normalized spacial score (nSPS) is 15.3. The van der Waals surface area contributed by atoms with E-state index in [1.165, 1.54) is 22.5 Å². The first-order chi connectivity index (χ1) is 14.8. The molecular formula is C21H23FN4O4S. The fourth-order valence-corrected chi connectivity index (χ4v) is 4.99. The van der Waals surface area contributed by atoms with Gasteiger partial charge in [0, 0.05) is 38.7 Å². The molecule has 0 saturated carbocycles. The summed E-state index contributed by atoms with van der Waals surface area (Å²) in [5.41, 5.74) is 1.73. The Balaban J connectivity index is 1.49. The lowest BCUT2D eigenvalue weighted by molar-refractivity contribution is -0.116. The summed E-state index contributed by atoms with van der Waals surface area (Å²) in [5, 5.41) is 2.66. The molecule has 1 N–H and O–H groups in total. The number of anilines is 1. The van der Waals surface area contributed by atoms with Gasteiger partial charge in [0.25, 0.3) is 0 Å². The fourth-order valence-electron chi connectivity index (χ4n) is 3.56. The Labute approximate surface area is 179 Å². The third-order valence-electron chi connectivity index (χ3n) is 5.24. The zero-order valence-corrected chi connectivity index (χ0v) is 17.9. The average molecular weight is 447 g/mol. The van der Waals surface area contributed by atoms with E-state index in [0.717, 1.165) is 5.52 Å². The Bertz CT molecular complexity index is 1220. The standard InChI is InChI=1S/C21H23FN4O4S/c1-25-19-6-5-17(31(28,29)26-9-11-30-12-10-26)14-18(19)24-20(25)7-8-21(27)23-16-4-2-3-15(22)13-16/h2-6,13-14H,7-12H2,1H3,(H,23,27). The molecule has 8 nitrogen and oxygen atoms in total. The Morgan fingerprint density at radius 3 is 2.71 bits per heavy atom. The maximum absolute atomic E-state index is 13.3. The van der Waals surface area contributed by atoms with Crippen molar-refractivity contribution in [1.29, 1.82) is 0 Å². The number of carbonyl (C=O) groups excluding carboxylic acids is 1. The summed E-state index contributed by atoms with van der Waals surface area (Å²) >= 11 is 0. The maximum Gasteiger partial charge on any atom is 0.243 e. The fraction of sp³-hybridized carbons (Fsp3) is 0.333. The molecule has 1 amide bonds. The highest BCUT2D eigenvalue weighted by molar-refractivity contribution is 7.89. The van der Waals surface area contributed by atoms with E-state index in [2.05, 4.69) is 10.3 Å². The molecule has 2 heterocycles. The highest BCUT2D eigenvalue weighted by Gasteiger charge is 2.27. The number of aromatic nitrogens is 2. The number of fused-ring (bicyclic) bond motifs is 1. The SMILES string of the molecule is Cn1c(CCC(=O)Nc2cccc(F)c2)nc2cc(S(=O)(=O)N3CCOCC3)ccc21. The van der Waals surface area contributed by atoms with Crippen LogP contribution in [0.15, 0.2) is 47.4 Å². The van der Waals surface area contributed by atoms with Gasteiger partial charge in [-0.15, -0.1) is 0 Å². The predicted octanol–water partition coefficient (Wildman–Crippen LogP) is 2.30. The predicted molar refractivity (Wildman–Crippen MR) is 114 cm³/mol. The molecule has 4 rings (SSSR count). The molecule has 1 aliphatic heterocycles. The molecule has 1 aliphatic rings. The Hall–Kier alpha value is -2.82. The third kappa shape index (κ3) is 4.60. The zero-order chi connectivity index (χ0) is 22.0. The molecule has 0 unspecified atom stereocenters. The highest BCUT2D eigenvalue weighted by Crippen LogP contribution is 2.23. The number of imidazole rings is 1. The molecule has 0 radical (unpaired) electrons. The third-order valence-corrected chi connectivity index (χ3v) is 7.13. The van der Waals surface area contributed by atoms with Gasteiger partial charge < -0.3 is 14.6 Å². The molecule has 0 aliphatic carbocycles. The second-order valence-electron chi connectivity index (χ2n) is 7.31. The van der Waals surface area contributed by atoms with Crippen LogP contribution in [0.4, 0.5) is 10.1 Å². The van der Waals surface area contributed by atoms with Crippen LogP contribution < -0.4 is 5.32 Å². The van der Waals surface area contributed by atoms with Crippen molar-refractivity contribution in [3.05, 3.63) is 54.1 Å². The molecule has 0 spiro atoms. The summed E-state index contributed by atoms with van der Waals surface area (Å²) in [7, 11) is -1.79. The number of hydrogen-bond donors (Lipinski definition) is 1. The molecule has 1 fully saturated rings. The number of rotatable bonds is 6. The number of ether oxygens (including phenoxy) is 1. The van der Waals surface area contributed by atoms with Gasteiger partial charge in [-0.1, -0.05) is 6.07 Å². The summed E-state index contributed by atoms with van der Waals surface area (Å²) in [6.45, 7) is 1.42. The first-order valence-electron chi connectivity index (χ1n) is 9.93. The molecule has 3 aromatic rings. The van der Waals surface area contributed by atoms with Crippen molar-refractivity contribution in [2.75, 3.05) is 31.6 Å². The van der Waals surface area contributed by atoms with Crippen LogP contribution in [0.1, 0.15) is 12.2 Å². The zero-order valence-electron chi connectivity index (χ0n) is 17.0. The Morgan fingerprint density at radius 1 is 1.19 bits per heavy atom. The summed E-state index contributed by atoms with van der Waals surface area (Å²) in [5.74, 6) is -0.0189. The quantitative estimate of drug-likeness (QED) is 0.627. The van der Waals surface area contributed by atoms with E-state index in [1.807, 2.05) is 11.6 Å². The van der Waals surface area contributed by atoms with Crippen LogP contribution in [-0.2, 0) is 33.0 Å². The van der Waals surface area contributed by atoms with E-state index in [0.29, 0.717) is 49.8 Å². The van der Waals surface area contributed by atoms with Crippen LogP contribution in [0.2, 0.25) is 0 Å². The van der Waals surface area contributed by atoms with Crippen molar-refractivity contribution < 1.29 is 22.3 Å². The number of hydrogen-bond acceptors (Lipinski definition) is 5. The molecule has 1 saturated heterocycles. The number of benzene rings is 2. The molecule has 10 heteroatoms. The second kappa shape index (κ2) is 8.74. The second-order valence-corrected chi connectivity index (χ2v) is 9.25. The molecule has 2 aromatic carbocycles. The smallest absolute Gasteiger partial charge is 0.243 e. The number of carbonyl (C=O) groups is 1. The number of aryl methyl sites for hydroxylation is 2.